The average molecular weight is 374 g/mol. The van der Waals surface area contributed by atoms with Crippen LogP contribution in [0.1, 0.15) is 41.7 Å². The quantitative estimate of drug-likeness (QED) is 0.736. The smallest absolute Gasteiger partial charge is 0.235 e. The minimum absolute atomic E-state index is 0.0400. The molecule has 4 atom stereocenters. The number of rotatable bonds is 3. The Morgan fingerprint density at radius 1 is 1.19 bits per heavy atom. The second kappa shape index (κ2) is 6.64. The van der Waals surface area contributed by atoms with E-state index in [1.807, 2.05) is 6.92 Å². The Morgan fingerprint density at radius 3 is 2.46 bits per heavy atom. The topological polar surface area (TPSA) is 64.1 Å². The molecular weight excluding hydrogens is 348 g/mol. The normalized spacial score (nSPS) is 24.8. The number of fused-ring (bicyclic) bond motifs is 1. The van der Waals surface area contributed by atoms with Crippen molar-refractivity contribution >= 4 is 16.3 Å². The van der Waals surface area contributed by atoms with E-state index in [1.165, 1.54) is 27.4 Å². The number of quaternary nitrogens is 1. The van der Waals surface area contributed by atoms with Crippen LogP contribution in [0.2, 0.25) is 0 Å². The zero-order valence-corrected chi connectivity index (χ0v) is 16.4. The molecule has 3 aromatic rings. The molecule has 1 fully saturated rings. The molecule has 1 unspecified atom stereocenters. The van der Waals surface area contributed by atoms with E-state index in [2.05, 4.69) is 55.1 Å². The number of hydrogen-bond donors (Lipinski definition) is 2. The van der Waals surface area contributed by atoms with E-state index >= 15 is 0 Å². The molecule has 0 spiro atoms. The summed E-state index contributed by atoms with van der Waals surface area (Å²) in [6.45, 7) is 9.96. The van der Waals surface area contributed by atoms with Crippen molar-refractivity contribution < 1.29 is 14.7 Å². The molecular formula is C19H25N4O2S+. The summed E-state index contributed by atoms with van der Waals surface area (Å²) in [5, 5.41) is 15.2. The van der Waals surface area contributed by atoms with E-state index < -0.39 is 0 Å². The summed E-state index contributed by atoms with van der Waals surface area (Å²) in [6.07, 6.45) is 0.376. The van der Waals surface area contributed by atoms with Gasteiger partial charge in [0, 0.05) is 5.56 Å². The van der Waals surface area contributed by atoms with Crippen molar-refractivity contribution in [3.8, 4) is 5.88 Å². The lowest BCUT2D eigenvalue weighted by Gasteiger charge is -2.37. The minimum Gasteiger partial charge on any atom is -0.492 e. The fraction of sp³-hybridized carbons (Fsp3) is 0.474. The summed E-state index contributed by atoms with van der Waals surface area (Å²) in [5.41, 5.74) is 2.43. The minimum atomic E-state index is 0.0400. The standard InChI is InChI=1S/C19H24N4O2S/c1-11-5-7-15(8-6-11)16(22-9-12(2)25-13(3)10-22)17-18(24)23-19(26-17)20-14(4)21-23/h5-8,12-13,16,24H,9-10H2,1-4H3/p+1/t12-,13+,16-/m0/s1. The highest BCUT2D eigenvalue weighted by molar-refractivity contribution is 7.17. The number of aromatic hydroxyl groups is 1. The molecule has 1 aromatic carbocycles. The van der Waals surface area contributed by atoms with Crippen molar-refractivity contribution in [3.63, 3.8) is 0 Å². The average Bonchev–Trinajstić information content (AvgIpc) is 3.07. The highest BCUT2D eigenvalue weighted by Crippen LogP contribution is 2.35. The number of nitrogens with zero attached hydrogens (tertiary/aromatic N) is 3. The molecule has 0 amide bonds. The lowest BCUT2D eigenvalue weighted by atomic mass is 10.0. The summed E-state index contributed by atoms with van der Waals surface area (Å²) in [6, 6.07) is 8.63. The SMILES string of the molecule is Cc1ccc([C@@H](c2sc3nc(C)nn3c2O)[NH+]2C[C@@H](C)O[C@@H](C)C2)cc1. The first-order valence-corrected chi connectivity index (χ1v) is 9.85. The first kappa shape index (κ1) is 17.5. The predicted octanol–water partition coefficient (Wildman–Crippen LogP) is 1.89. The summed E-state index contributed by atoms with van der Waals surface area (Å²) >= 11 is 1.53. The molecule has 1 aliphatic heterocycles. The van der Waals surface area contributed by atoms with Crippen molar-refractivity contribution in [1.29, 1.82) is 0 Å². The van der Waals surface area contributed by atoms with Gasteiger partial charge in [-0.15, -0.1) is 5.10 Å². The van der Waals surface area contributed by atoms with E-state index in [0.717, 1.165) is 22.9 Å². The predicted molar refractivity (Wildman–Crippen MR) is 101 cm³/mol. The molecule has 2 N–H and O–H groups in total. The van der Waals surface area contributed by atoms with Crippen LogP contribution in [0.4, 0.5) is 0 Å². The van der Waals surface area contributed by atoms with E-state index in [0.29, 0.717) is 5.82 Å². The molecule has 26 heavy (non-hydrogen) atoms. The molecule has 0 aliphatic carbocycles. The Balaban J connectivity index is 1.82. The van der Waals surface area contributed by atoms with Crippen molar-refractivity contribution in [1.82, 2.24) is 14.6 Å². The van der Waals surface area contributed by atoms with Crippen LogP contribution in [0.5, 0.6) is 5.88 Å². The number of aryl methyl sites for hydroxylation is 2. The number of hydrogen-bond acceptors (Lipinski definition) is 5. The van der Waals surface area contributed by atoms with Crippen LogP contribution in [0.25, 0.3) is 4.96 Å². The number of morpholine rings is 1. The number of thiazole rings is 1. The van der Waals surface area contributed by atoms with Crippen LogP contribution >= 0.6 is 11.3 Å². The molecule has 2 aromatic heterocycles. The summed E-state index contributed by atoms with van der Waals surface area (Å²) in [5.74, 6) is 0.876. The molecule has 0 bridgehead atoms. The molecule has 7 heteroatoms. The lowest BCUT2D eigenvalue weighted by Crippen LogP contribution is -3.15. The summed E-state index contributed by atoms with van der Waals surface area (Å²) < 4.78 is 7.50. The van der Waals surface area contributed by atoms with E-state index in [9.17, 15) is 5.11 Å². The van der Waals surface area contributed by atoms with Gasteiger partial charge in [-0.3, -0.25) is 0 Å². The zero-order chi connectivity index (χ0) is 18.4. The first-order chi connectivity index (χ1) is 12.4. The third-order valence-electron chi connectivity index (χ3n) is 4.95. The number of aromatic nitrogens is 3. The van der Waals surface area contributed by atoms with Crippen molar-refractivity contribution in [3.05, 3.63) is 46.1 Å². The molecule has 0 saturated carbocycles. The van der Waals surface area contributed by atoms with E-state index in [4.69, 9.17) is 4.74 Å². The van der Waals surface area contributed by atoms with Crippen molar-refractivity contribution in [2.24, 2.45) is 0 Å². The monoisotopic (exact) mass is 373 g/mol. The lowest BCUT2D eigenvalue weighted by molar-refractivity contribution is -0.939. The number of benzene rings is 1. The molecule has 138 valence electrons. The van der Waals surface area contributed by atoms with Crippen LogP contribution < -0.4 is 4.90 Å². The molecule has 4 rings (SSSR count). The third kappa shape index (κ3) is 3.11. The van der Waals surface area contributed by atoms with Gasteiger partial charge in [0.25, 0.3) is 0 Å². The Bertz CT molecular complexity index is 908. The fourth-order valence-corrected chi connectivity index (χ4v) is 5.10. The summed E-state index contributed by atoms with van der Waals surface area (Å²) in [4.78, 5) is 7.49. The largest absolute Gasteiger partial charge is 0.492 e. The van der Waals surface area contributed by atoms with Crippen molar-refractivity contribution in [2.45, 2.75) is 45.9 Å². The Kier molecular flexibility index (Phi) is 4.46. The zero-order valence-electron chi connectivity index (χ0n) is 15.6. The third-order valence-corrected chi connectivity index (χ3v) is 6.04. The van der Waals surface area contributed by atoms with Gasteiger partial charge in [-0.05, 0) is 27.7 Å². The van der Waals surface area contributed by atoms with Gasteiger partial charge < -0.3 is 14.7 Å². The Labute approximate surface area is 157 Å². The van der Waals surface area contributed by atoms with Gasteiger partial charge in [-0.2, -0.15) is 4.52 Å². The summed E-state index contributed by atoms with van der Waals surface area (Å²) in [7, 11) is 0. The molecule has 6 nitrogen and oxygen atoms in total. The van der Waals surface area contributed by atoms with Crippen LogP contribution in [0, 0.1) is 13.8 Å². The van der Waals surface area contributed by atoms with Gasteiger partial charge >= 0.3 is 0 Å². The van der Waals surface area contributed by atoms with Crippen molar-refractivity contribution in [2.75, 3.05) is 13.1 Å². The van der Waals surface area contributed by atoms with Gasteiger partial charge in [0.1, 0.15) is 36.0 Å². The fourth-order valence-electron chi connectivity index (χ4n) is 3.92. The van der Waals surface area contributed by atoms with E-state index in [1.54, 1.807) is 4.52 Å². The van der Waals surface area contributed by atoms with Crippen LogP contribution in [0.3, 0.4) is 0 Å². The second-order valence-electron chi connectivity index (χ2n) is 7.31. The van der Waals surface area contributed by atoms with Crippen LogP contribution in [-0.2, 0) is 4.74 Å². The Morgan fingerprint density at radius 2 is 1.85 bits per heavy atom. The van der Waals surface area contributed by atoms with E-state index in [-0.39, 0.29) is 24.1 Å². The Hall–Kier alpha value is -1.96. The maximum atomic E-state index is 10.9. The van der Waals surface area contributed by atoms with Gasteiger partial charge in [0.2, 0.25) is 10.8 Å². The molecule has 3 heterocycles. The first-order valence-electron chi connectivity index (χ1n) is 9.04. The van der Waals surface area contributed by atoms with Crippen LogP contribution in [0.15, 0.2) is 24.3 Å². The van der Waals surface area contributed by atoms with Gasteiger partial charge in [0.15, 0.2) is 6.04 Å². The van der Waals surface area contributed by atoms with Crippen LogP contribution in [-0.4, -0.2) is 45.0 Å². The second-order valence-corrected chi connectivity index (χ2v) is 8.32. The van der Waals surface area contributed by atoms with Gasteiger partial charge in [0.05, 0.1) is 0 Å². The number of nitrogens with one attached hydrogen (secondary N) is 1. The van der Waals surface area contributed by atoms with Gasteiger partial charge in [-0.1, -0.05) is 41.2 Å². The van der Waals surface area contributed by atoms with Gasteiger partial charge in [-0.25, -0.2) is 4.98 Å². The number of ether oxygens (including phenoxy) is 1. The molecule has 1 aliphatic rings. The molecule has 1 saturated heterocycles. The maximum Gasteiger partial charge on any atom is 0.235 e. The molecule has 0 radical (unpaired) electrons. The highest BCUT2D eigenvalue weighted by Gasteiger charge is 2.37. The highest BCUT2D eigenvalue weighted by atomic mass is 32.1. The maximum absolute atomic E-state index is 10.9.